The number of nitrogens with two attached hydrogens (primary N) is 1. The van der Waals surface area contributed by atoms with Gasteiger partial charge in [-0.25, -0.2) is 4.98 Å². The van der Waals surface area contributed by atoms with Gasteiger partial charge in [-0.05, 0) is 49.3 Å². The number of aromatic nitrogens is 1. The van der Waals surface area contributed by atoms with Crippen molar-refractivity contribution in [3.05, 3.63) is 23.9 Å². The number of hydrogen-bond acceptors (Lipinski definition) is 2. The molecule has 0 amide bonds. The van der Waals surface area contributed by atoms with Gasteiger partial charge in [0.05, 0.1) is 0 Å². The zero-order valence-electron chi connectivity index (χ0n) is 8.12. The molecule has 0 bridgehead atoms. The Morgan fingerprint density at radius 3 is 3.00 bits per heavy atom. The van der Waals surface area contributed by atoms with E-state index in [1.807, 2.05) is 6.07 Å². The Balaban J connectivity index is 1.97. The third kappa shape index (κ3) is 2.47. The number of pyridine rings is 1. The predicted molar refractivity (Wildman–Crippen MR) is 62.4 cm³/mol. The normalized spacial score (nSPS) is 26.6. The van der Waals surface area contributed by atoms with E-state index in [-0.39, 0.29) is 0 Å². The summed E-state index contributed by atoms with van der Waals surface area (Å²) >= 11 is 3.67. The topological polar surface area (TPSA) is 38.9 Å². The summed E-state index contributed by atoms with van der Waals surface area (Å²) in [6, 6.07) is 4.06. The molecule has 2 atom stereocenters. The van der Waals surface area contributed by atoms with Crippen molar-refractivity contribution < 1.29 is 0 Å². The van der Waals surface area contributed by atoms with E-state index in [0.29, 0.717) is 5.82 Å². The third-order valence-electron chi connectivity index (χ3n) is 2.85. The molecule has 1 aromatic rings. The van der Waals surface area contributed by atoms with Gasteiger partial charge >= 0.3 is 0 Å². The summed E-state index contributed by atoms with van der Waals surface area (Å²) < 4.78 is 0. The van der Waals surface area contributed by atoms with Gasteiger partial charge in [-0.1, -0.05) is 15.9 Å². The highest BCUT2D eigenvalue weighted by atomic mass is 79.9. The van der Waals surface area contributed by atoms with E-state index < -0.39 is 0 Å². The van der Waals surface area contributed by atoms with Crippen LogP contribution < -0.4 is 5.73 Å². The zero-order chi connectivity index (χ0) is 9.97. The number of anilines is 1. The van der Waals surface area contributed by atoms with Crippen LogP contribution in [0.5, 0.6) is 0 Å². The van der Waals surface area contributed by atoms with Crippen LogP contribution in [0.25, 0.3) is 0 Å². The lowest BCUT2D eigenvalue weighted by Crippen LogP contribution is -2.01. The van der Waals surface area contributed by atoms with Crippen LogP contribution in [-0.4, -0.2) is 9.81 Å². The lowest BCUT2D eigenvalue weighted by molar-refractivity contribution is 0.548. The van der Waals surface area contributed by atoms with Crippen molar-refractivity contribution in [1.29, 1.82) is 0 Å². The highest BCUT2D eigenvalue weighted by molar-refractivity contribution is 9.09. The van der Waals surface area contributed by atoms with E-state index in [1.165, 1.54) is 24.8 Å². The van der Waals surface area contributed by atoms with Crippen LogP contribution in [0.4, 0.5) is 5.82 Å². The van der Waals surface area contributed by atoms with Gasteiger partial charge in [0.1, 0.15) is 5.82 Å². The van der Waals surface area contributed by atoms with Crippen molar-refractivity contribution >= 4 is 21.7 Å². The predicted octanol–water partition coefficient (Wildman–Crippen LogP) is 2.77. The molecule has 2 rings (SSSR count). The number of halogens is 1. The van der Waals surface area contributed by atoms with Crippen molar-refractivity contribution in [2.45, 2.75) is 30.5 Å². The van der Waals surface area contributed by atoms with Crippen molar-refractivity contribution in [1.82, 2.24) is 4.98 Å². The maximum absolute atomic E-state index is 5.64. The van der Waals surface area contributed by atoms with Crippen LogP contribution in [0.15, 0.2) is 18.3 Å². The Labute approximate surface area is 93.0 Å². The second-order valence-corrected chi connectivity index (χ2v) is 5.36. The van der Waals surface area contributed by atoms with Crippen molar-refractivity contribution in [2.24, 2.45) is 5.92 Å². The molecule has 0 saturated heterocycles. The molecular weight excluding hydrogens is 240 g/mol. The van der Waals surface area contributed by atoms with Gasteiger partial charge in [-0.2, -0.15) is 0 Å². The van der Waals surface area contributed by atoms with Gasteiger partial charge in [0.2, 0.25) is 0 Å². The molecule has 2 N–H and O–H groups in total. The van der Waals surface area contributed by atoms with Gasteiger partial charge in [0.25, 0.3) is 0 Å². The first-order valence-electron chi connectivity index (χ1n) is 5.08. The standard InChI is InChI=1S/C11H15BrN2/c12-10-2-1-8(6-10)5-9-3-4-14-11(13)7-9/h3-4,7-8,10H,1-2,5-6H2,(H2,13,14). The average molecular weight is 255 g/mol. The Hall–Kier alpha value is -0.570. The van der Waals surface area contributed by atoms with E-state index in [1.54, 1.807) is 6.20 Å². The molecule has 2 unspecified atom stereocenters. The summed E-state index contributed by atoms with van der Waals surface area (Å²) in [5.41, 5.74) is 6.96. The van der Waals surface area contributed by atoms with Crippen LogP contribution >= 0.6 is 15.9 Å². The molecule has 1 fully saturated rings. The van der Waals surface area contributed by atoms with Crippen LogP contribution in [0.2, 0.25) is 0 Å². The minimum atomic E-state index is 0.635. The van der Waals surface area contributed by atoms with E-state index in [9.17, 15) is 0 Å². The second-order valence-electron chi connectivity index (χ2n) is 4.07. The lowest BCUT2D eigenvalue weighted by atomic mass is 9.99. The summed E-state index contributed by atoms with van der Waals surface area (Å²) in [5.74, 6) is 1.46. The van der Waals surface area contributed by atoms with E-state index in [0.717, 1.165) is 17.2 Å². The maximum Gasteiger partial charge on any atom is 0.123 e. The van der Waals surface area contributed by atoms with Crippen LogP contribution in [0.1, 0.15) is 24.8 Å². The molecule has 14 heavy (non-hydrogen) atoms. The minimum absolute atomic E-state index is 0.635. The molecule has 1 aliphatic carbocycles. The summed E-state index contributed by atoms with van der Waals surface area (Å²) in [4.78, 5) is 4.73. The quantitative estimate of drug-likeness (QED) is 0.825. The summed E-state index contributed by atoms with van der Waals surface area (Å²) in [5, 5.41) is 0. The SMILES string of the molecule is Nc1cc(CC2CCC(Br)C2)ccn1. The Morgan fingerprint density at radius 2 is 2.36 bits per heavy atom. The van der Waals surface area contributed by atoms with Crippen LogP contribution in [-0.2, 0) is 6.42 Å². The van der Waals surface area contributed by atoms with Gasteiger partial charge < -0.3 is 5.73 Å². The monoisotopic (exact) mass is 254 g/mol. The van der Waals surface area contributed by atoms with Crippen molar-refractivity contribution in [3.8, 4) is 0 Å². The molecule has 3 heteroatoms. The minimum Gasteiger partial charge on any atom is -0.384 e. The summed E-state index contributed by atoms with van der Waals surface area (Å²) in [7, 11) is 0. The first-order chi connectivity index (χ1) is 6.74. The van der Waals surface area contributed by atoms with Crippen LogP contribution in [0, 0.1) is 5.92 Å². The highest BCUT2D eigenvalue weighted by Crippen LogP contribution is 2.32. The van der Waals surface area contributed by atoms with Gasteiger partial charge in [-0.15, -0.1) is 0 Å². The molecule has 1 saturated carbocycles. The smallest absolute Gasteiger partial charge is 0.123 e. The first kappa shape index (κ1) is 9.97. The van der Waals surface area contributed by atoms with E-state index >= 15 is 0 Å². The fourth-order valence-corrected chi connectivity index (χ4v) is 2.95. The summed E-state index contributed by atoms with van der Waals surface area (Å²) in [6.07, 6.45) is 6.88. The second kappa shape index (κ2) is 4.30. The number of nitrogen functional groups attached to an aromatic ring is 1. The molecule has 76 valence electrons. The molecule has 0 spiro atoms. The third-order valence-corrected chi connectivity index (χ3v) is 3.68. The molecule has 1 aromatic heterocycles. The van der Waals surface area contributed by atoms with Crippen molar-refractivity contribution in [3.63, 3.8) is 0 Å². The Kier molecular flexibility index (Phi) is 3.06. The molecule has 2 nitrogen and oxygen atoms in total. The average Bonchev–Trinajstić information content (AvgIpc) is 2.51. The van der Waals surface area contributed by atoms with E-state index in [2.05, 4.69) is 27.0 Å². The fraction of sp³-hybridized carbons (Fsp3) is 0.545. The molecular formula is C11H15BrN2. The Bertz CT molecular complexity index is 314. The molecule has 0 aromatic carbocycles. The van der Waals surface area contributed by atoms with Gasteiger partial charge in [0, 0.05) is 11.0 Å². The molecule has 0 aliphatic heterocycles. The maximum atomic E-state index is 5.64. The molecule has 1 heterocycles. The van der Waals surface area contributed by atoms with Crippen molar-refractivity contribution in [2.75, 3.05) is 5.73 Å². The van der Waals surface area contributed by atoms with E-state index in [4.69, 9.17) is 5.73 Å². The zero-order valence-corrected chi connectivity index (χ0v) is 9.70. The first-order valence-corrected chi connectivity index (χ1v) is 6.00. The lowest BCUT2D eigenvalue weighted by Gasteiger charge is -2.08. The number of nitrogens with zero attached hydrogens (tertiary/aromatic N) is 1. The van der Waals surface area contributed by atoms with Gasteiger partial charge in [-0.3, -0.25) is 0 Å². The largest absolute Gasteiger partial charge is 0.384 e. The molecule has 1 aliphatic rings. The number of hydrogen-bond donors (Lipinski definition) is 1. The molecule has 0 radical (unpaired) electrons. The summed E-state index contributed by atoms with van der Waals surface area (Å²) in [6.45, 7) is 0. The highest BCUT2D eigenvalue weighted by Gasteiger charge is 2.22. The Morgan fingerprint density at radius 1 is 1.50 bits per heavy atom. The van der Waals surface area contributed by atoms with Crippen LogP contribution in [0.3, 0.4) is 0 Å². The van der Waals surface area contributed by atoms with Gasteiger partial charge in [0.15, 0.2) is 0 Å². The number of alkyl halides is 1. The fourth-order valence-electron chi connectivity index (χ4n) is 2.15. The number of rotatable bonds is 2.